The van der Waals surface area contributed by atoms with E-state index < -0.39 is 5.82 Å². The molecule has 1 aliphatic rings. The van der Waals surface area contributed by atoms with Crippen molar-refractivity contribution in [3.8, 4) is 11.4 Å². The molecule has 0 saturated carbocycles. The highest BCUT2D eigenvalue weighted by Gasteiger charge is 2.21. The number of benzene rings is 2. The van der Waals surface area contributed by atoms with Crippen molar-refractivity contribution in [1.82, 2.24) is 19.8 Å². The topological polar surface area (TPSA) is 95.9 Å². The van der Waals surface area contributed by atoms with E-state index in [1.165, 1.54) is 17.8 Å². The van der Waals surface area contributed by atoms with Crippen LogP contribution in [-0.4, -0.2) is 38.0 Å². The lowest BCUT2D eigenvalue weighted by Gasteiger charge is -2.18. The first-order valence-corrected chi connectivity index (χ1v) is 10.2. The number of ether oxygens (including phenoxy) is 2. The molecule has 0 radical (unpaired) electrons. The van der Waals surface area contributed by atoms with E-state index in [-0.39, 0.29) is 12.3 Å². The Morgan fingerprint density at radius 3 is 2.81 bits per heavy atom. The Hall–Kier alpha value is -3.82. The quantitative estimate of drug-likeness (QED) is 0.347. The lowest BCUT2D eigenvalue weighted by molar-refractivity contribution is 0.282. The molecule has 0 atom stereocenters. The summed E-state index contributed by atoms with van der Waals surface area (Å²) in [4.78, 5) is 12.3. The molecule has 0 N–H and O–H groups in total. The summed E-state index contributed by atoms with van der Waals surface area (Å²) in [6.07, 6.45) is 0.940. The standard InChI is InChI=1S/C22H23FN6O3/c1-4-20(25-24-17-11-12-31-19-10-6-8-16(23)21(17)19)32-13-15-14(2)7-5-9-18(15)29-22(30)28(3)26-27-29/h5-10H,4,11-13H2,1-3H3. The number of hydrogen-bond acceptors (Lipinski definition) is 7. The number of fused-ring (bicyclic) bond motifs is 1. The summed E-state index contributed by atoms with van der Waals surface area (Å²) < 4.78 is 28.1. The van der Waals surface area contributed by atoms with Crippen LogP contribution in [-0.2, 0) is 18.4 Å². The first-order chi connectivity index (χ1) is 15.5. The van der Waals surface area contributed by atoms with Crippen LogP contribution in [0.2, 0.25) is 0 Å². The Kier molecular flexibility index (Phi) is 6.11. The predicted molar refractivity (Wildman–Crippen MR) is 117 cm³/mol. The second-order valence-electron chi connectivity index (χ2n) is 7.26. The van der Waals surface area contributed by atoms with Gasteiger partial charge in [-0.05, 0) is 41.1 Å². The van der Waals surface area contributed by atoms with Crippen molar-refractivity contribution in [2.24, 2.45) is 17.3 Å². The number of halogens is 1. The average Bonchev–Trinajstić information content (AvgIpc) is 3.13. The molecule has 0 amide bonds. The van der Waals surface area contributed by atoms with Crippen molar-refractivity contribution in [2.45, 2.75) is 33.3 Å². The molecule has 10 heteroatoms. The van der Waals surface area contributed by atoms with Gasteiger partial charge in [-0.25, -0.2) is 9.18 Å². The molecule has 2 heterocycles. The molecule has 2 aromatic carbocycles. The van der Waals surface area contributed by atoms with Crippen LogP contribution in [0.3, 0.4) is 0 Å². The van der Waals surface area contributed by atoms with E-state index in [9.17, 15) is 9.18 Å². The van der Waals surface area contributed by atoms with Crippen LogP contribution in [0, 0.1) is 12.7 Å². The second-order valence-corrected chi connectivity index (χ2v) is 7.26. The molecule has 0 spiro atoms. The number of aromatic nitrogens is 4. The van der Waals surface area contributed by atoms with Gasteiger partial charge in [0.25, 0.3) is 0 Å². The van der Waals surface area contributed by atoms with Gasteiger partial charge in [0.05, 0.1) is 23.6 Å². The molecule has 4 rings (SSSR count). The van der Waals surface area contributed by atoms with Crippen LogP contribution in [0.4, 0.5) is 4.39 Å². The van der Waals surface area contributed by atoms with Gasteiger partial charge in [-0.15, -0.1) is 5.10 Å². The lowest BCUT2D eigenvalue weighted by Crippen LogP contribution is -2.23. The van der Waals surface area contributed by atoms with E-state index in [1.807, 2.05) is 26.0 Å². The number of rotatable bonds is 5. The van der Waals surface area contributed by atoms with E-state index >= 15 is 0 Å². The molecular formula is C22H23FN6O3. The van der Waals surface area contributed by atoms with Crippen molar-refractivity contribution in [1.29, 1.82) is 0 Å². The fraction of sp³-hybridized carbons (Fsp3) is 0.318. The number of aryl methyl sites for hydroxylation is 2. The number of nitrogens with zero attached hydrogens (tertiary/aromatic N) is 6. The third-order valence-corrected chi connectivity index (χ3v) is 5.16. The second kappa shape index (κ2) is 9.13. The molecule has 3 aromatic rings. The van der Waals surface area contributed by atoms with Gasteiger partial charge in [0.1, 0.15) is 18.2 Å². The SMILES string of the molecule is CCC(=NN=C1CCOc2cccc(F)c21)OCc1c(C)cccc1-n1nnn(C)c1=O. The van der Waals surface area contributed by atoms with Crippen molar-refractivity contribution < 1.29 is 13.9 Å². The molecule has 0 saturated heterocycles. The summed E-state index contributed by atoms with van der Waals surface area (Å²) in [5.41, 5.74) is 2.80. The van der Waals surface area contributed by atoms with Crippen LogP contribution in [0.15, 0.2) is 51.4 Å². The smallest absolute Gasteiger partial charge is 0.368 e. The Morgan fingerprint density at radius 2 is 2.06 bits per heavy atom. The highest BCUT2D eigenvalue weighted by molar-refractivity contribution is 6.04. The normalized spacial score (nSPS) is 14.9. The molecule has 9 nitrogen and oxygen atoms in total. The van der Waals surface area contributed by atoms with Gasteiger partial charge in [0.2, 0.25) is 5.90 Å². The van der Waals surface area contributed by atoms with E-state index in [4.69, 9.17) is 9.47 Å². The number of hydrogen-bond donors (Lipinski definition) is 0. The summed E-state index contributed by atoms with van der Waals surface area (Å²) in [5, 5.41) is 16.2. The monoisotopic (exact) mass is 438 g/mol. The Labute approximate surface area is 183 Å². The minimum atomic E-state index is -0.394. The summed E-state index contributed by atoms with van der Waals surface area (Å²) in [6, 6.07) is 10.2. The molecule has 32 heavy (non-hydrogen) atoms. The van der Waals surface area contributed by atoms with Gasteiger partial charge in [-0.3, -0.25) is 0 Å². The van der Waals surface area contributed by atoms with E-state index in [0.717, 1.165) is 15.8 Å². The molecule has 0 unspecified atom stereocenters. The first kappa shape index (κ1) is 21.4. The summed E-state index contributed by atoms with van der Waals surface area (Å²) >= 11 is 0. The van der Waals surface area contributed by atoms with Gasteiger partial charge < -0.3 is 9.47 Å². The van der Waals surface area contributed by atoms with E-state index in [2.05, 4.69) is 20.6 Å². The van der Waals surface area contributed by atoms with Crippen LogP contribution in [0.25, 0.3) is 5.69 Å². The highest BCUT2D eigenvalue weighted by Crippen LogP contribution is 2.27. The third kappa shape index (κ3) is 4.16. The van der Waals surface area contributed by atoms with Crippen molar-refractivity contribution in [2.75, 3.05) is 6.61 Å². The van der Waals surface area contributed by atoms with E-state index in [1.54, 1.807) is 18.2 Å². The minimum absolute atomic E-state index is 0.163. The average molecular weight is 438 g/mol. The van der Waals surface area contributed by atoms with Gasteiger partial charge >= 0.3 is 5.69 Å². The van der Waals surface area contributed by atoms with Gasteiger partial charge in [-0.1, -0.05) is 25.1 Å². The summed E-state index contributed by atoms with van der Waals surface area (Å²) in [7, 11) is 1.54. The van der Waals surface area contributed by atoms with Crippen LogP contribution in [0.1, 0.15) is 36.5 Å². The maximum absolute atomic E-state index is 14.3. The fourth-order valence-electron chi connectivity index (χ4n) is 3.40. The third-order valence-electron chi connectivity index (χ3n) is 5.16. The van der Waals surface area contributed by atoms with Crippen LogP contribution < -0.4 is 10.4 Å². The minimum Gasteiger partial charge on any atom is -0.492 e. The zero-order chi connectivity index (χ0) is 22.7. The maximum Gasteiger partial charge on any atom is 0.368 e. The molecule has 166 valence electrons. The molecule has 1 aliphatic heterocycles. The largest absolute Gasteiger partial charge is 0.492 e. The highest BCUT2D eigenvalue weighted by atomic mass is 19.1. The van der Waals surface area contributed by atoms with Crippen LogP contribution >= 0.6 is 0 Å². The fourth-order valence-corrected chi connectivity index (χ4v) is 3.40. The Balaban J connectivity index is 1.60. The summed E-state index contributed by atoms with van der Waals surface area (Å²) in [6.45, 7) is 4.39. The van der Waals surface area contributed by atoms with E-state index in [0.29, 0.717) is 48.1 Å². The van der Waals surface area contributed by atoms with Crippen molar-refractivity contribution in [3.63, 3.8) is 0 Å². The predicted octanol–water partition coefficient (Wildman–Crippen LogP) is 2.93. The zero-order valence-electron chi connectivity index (χ0n) is 18.1. The maximum atomic E-state index is 14.3. The Morgan fingerprint density at radius 1 is 1.25 bits per heavy atom. The first-order valence-electron chi connectivity index (χ1n) is 10.2. The van der Waals surface area contributed by atoms with Crippen molar-refractivity contribution >= 4 is 11.6 Å². The summed E-state index contributed by atoms with van der Waals surface area (Å²) in [5.74, 6) is 0.458. The van der Waals surface area contributed by atoms with Crippen LogP contribution in [0.5, 0.6) is 5.75 Å². The Bertz CT molecular complexity index is 1260. The van der Waals surface area contributed by atoms with Crippen molar-refractivity contribution in [3.05, 3.63) is 69.4 Å². The zero-order valence-corrected chi connectivity index (χ0v) is 18.1. The molecule has 0 aliphatic carbocycles. The molecule has 0 bridgehead atoms. The van der Waals surface area contributed by atoms with Gasteiger partial charge in [0.15, 0.2) is 0 Å². The molecule has 1 aromatic heterocycles. The molecule has 0 fully saturated rings. The molecular weight excluding hydrogens is 415 g/mol. The van der Waals surface area contributed by atoms with Gasteiger partial charge in [0, 0.05) is 25.5 Å². The lowest BCUT2D eigenvalue weighted by atomic mass is 10.0. The number of tetrazole rings is 1. The van der Waals surface area contributed by atoms with Gasteiger partial charge in [-0.2, -0.15) is 14.5 Å².